The summed E-state index contributed by atoms with van der Waals surface area (Å²) in [5.41, 5.74) is 0.473. The van der Waals surface area contributed by atoms with E-state index in [0.29, 0.717) is 16.8 Å². The molecule has 9 heteroatoms. The number of ether oxygens (including phenoxy) is 1. The number of benzene rings is 1. The number of hydrogen-bond acceptors (Lipinski definition) is 5. The molecule has 1 aromatic carbocycles. The first-order chi connectivity index (χ1) is 12.9. The van der Waals surface area contributed by atoms with Crippen LogP contribution in [0.2, 0.25) is 0 Å². The third kappa shape index (κ3) is 9.76. The van der Waals surface area contributed by atoms with Gasteiger partial charge in [0.05, 0.1) is 0 Å². The summed E-state index contributed by atoms with van der Waals surface area (Å²) in [7, 11) is 0. The van der Waals surface area contributed by atoms with Gasteiger partial charge in [-0.15, -0.1) is 0 Å². The zero-order valence-electron chi connectivity index (χ0n) is 15.7. The maximum absolute atomic E-state index is 12.0. The largest absolute Gasteiger partial charge is 0.478 e. The van der Waals surface area contributed by atoms with E-state index in [0.717, 1.165) is 12.2 Å². The van der Waals surface area contributed by atoms with Crippen molar-refractivity contribution < 1.29 is 34.1 Å². The topological polar surface area (TPSA) is 142 Å². The van der Waals surface area contributed by atoms with Crippen LogP contribution in [0.5, 0.6) is 0 Å². The van der Waals surface area contributed by atoms with Crippen molar-refractivity contribution in [2.75, 3.05) is 11.9 Å². The molecule has 0 bridgehead atoms. The number of amides is 2. The van der Waals surface area contributed by atoms with Crippen LogP contribution >= 0.6 is 0 Å². The summed E-state index contributed by atoms with van der Waals surface area (Å²) in [5, 5.41) is 22.3. The molecule has 0 aliphatic heterocycles. The molecule has 0 saturated heterocycles. The highest BCUT2D eigenvalue weighted by molar-refractivity contribution is 5.95. The lowest BCUT2D eigenvalue weighted by molar-refractivity contribution is -0.132. The average Bonchev–Trinajstić information content (AvgIpc) is 2.55. The van der Waals surface area contributed by atoms with Crippen molar-refractivity contribution in [3.05, 3.63) is 41.5 Å². The molecule has 1 rings (SSSR count). The molecule has 0 atom stereocenters. The highest BCUT2D eigenvalue weighted by Gasteiger charge is 2.16. The van der Waals surface area contributed by atoms with Gasteiger partial charge in [-0.3, -0.25) is 4.79 Å². The molecule has 0 fully saturated rings. The lowest BCUT2D eigenvalue weighted by Crippen LogP contribution is -2.37. The van der Waals surface area contributed by atoms with Gasteiger partial charge in [-0.25, -0.2) is 14.4 Å². The Morgan fingerprint density at radius 3 is 1.89 bits per heavy atom. The quantitative estimate of drug-likeness (QED) is 0.523. The molecule has 2 amide bonds. The predicted octanol–water partition coefficient (Wildman–Crippen LogP) is 2.35. The van der Waals surface area contributed by atoms with Gasteiger partial charge in [-0.05, 0) is 62.2 Å². The molecule has 0 radical (unpaired) electrons. The van der Waals surface area contributed by atoms with Gasteiger partial charge in [0.2, 0.25) is 5.91 Å². The molecule has 0 unspecified atom stereocenters. The Morgan fingerprint density at radius 2 is 1.46 bits per heavy atom. The van der Waals surface area contributed by atoms with E-state index < -0.39 is 29.5 Å². The number of carbonyl (C=O) groups excluding carboxylic acids is 2. The van der Waals surface area contributed by atoms with Crippen molar-refractivity contribution in [3.63, 3.8) is 0 Å². The highest BCUT2D eigenvalue weighted by Crippen LogP contribution is 2.18. The summed E-state index contributed by atoms with van der Waals surface area (Å²) >= 11 is 0. The second-order valence-corrected chi connectivity index (χ2v) is 6.64. The second kappa shape index (κ2) is 9.91. The van der Waals surface area contributed by atoms with Crippen LogP contribution in [0.25, 0.3) is 12.2 Å². The third-order valence-corrected chi connectivity index (χ3v) is 2.89. The highest BCUT2D eigenvalue weighted by atomic mass is 16.6. The van der Waals surface area contributed by atoms with Crippen molar-refractivity contribution in [1.29, 1.82) is 0 Å². The predicted molar refractivity (Wildman–Crippen MR) is 103 cm³/mol. The lowest BCUT2D eigenvalue weighted by Gasteiger charge is -2.19. The number of anilines is 1. The summed E-state index contributed by atoms with van der Waals surface area (Å²) in [6.45, 7) is 4.73. The Bertz CT molecular complexity index is 778. The fourth-order valence-electron chi connectivity index (χ4n) is 1.95. The van der Waals surface area contributed by atoms with Crippen LogP contribution in [0, 0.1) is 0 Å². The van der Waals surface area contributed by atoms with Crippen LogP contribution in [0.3, 0.4) is 0 Å². The molecular formula is C19H22N2O7. The molecule has 4 N–H and O–H groups in total. The first-order valence-corrected chi connectivity index (χ1v) is 8.18. The smallest absolute Gasteiger partial charge is 0.408 e. The van der Waals surface area contributed by atoms with Crippen LogP contribution in [0.1, 0.15) is 31.9 Å². The summed E-state index contributed by atoms with van der Waals surface area (Å²) < 4.78 is 5.03. The minimum absolute atomic E-state index is 0.300. The Kier molecular flexibility index (Phi) is 7.93. The fourth-order valence-corrected chi connectivity index (χ4v) is 1.95. The van der Waals surface area contributed by atoms with E-state index >= 15 is 0 Å². The molecule has 9 nitrogen and oxygen atoms in total. The van der Waals surface area contributed by atoms with Crippen LogP contribution in [-0.4, -0.2) is 46.3 Å². The van der Waals surface area contributed by atoms with E-state index in [1.807, 2.05) is 0 Å². The van der Waals surface area contributed by atoms with Crippen molar-refractivity contribution >= 4 is 41.8 Å². The lowest BCUT2D eigenvalue weighted by atomic mass is 10.1. The summed E-state index contributed by atoms with van der Waals surface area (Å²) in [6, 6.07) is 4.55. The SMILES string of the molecule is CC(C)(C)OC(=O)NCC(=O)Nc1cc(/C=C/C(=O)O)cc(/C=C/C(=O)O)c1. The molecule has 0 aliphatic carbocycles. The van der Waals surface area contributed by atoms with Crippen molar-refractivity contribution in [1.82, 2.24) is 5.32 Å². The first kappa shape index (κ1) is 22.4. The number of rotatable bonds is 7. The van der Waals surface area contributed by atoms with Gasteiger partial charge in [0.15, 0.2) is 0 Å². The molecular weight excluding hydrogens is 368 g/mol. The Morgan fingerprint density at radius 1 is 0.964 bits per heavy atom. The normalized spacial score (nSPS) is 11.4. The number of carbonyl (C=O) groups is 4. The van der Waals surface area contributed by atoms with Gasteiger partial charge in [0.1, 0.15) is 12.1 Å². The maximum Gasteiger partial charge on any atom is 0.408 e. The van der Waals surface area contributed by atoms with Gasteiger partial charge >= 0.3 is 18.0 Å². The van der Waals surface area contributed by atoms with Crippen molar-refractivity contribution in [3.8, 4) is 0 Å². The van der Waals surface area contributed by atoms with Crippen LogP contribution < -0.4 is 10.6 Å². The summed E-state index contributed by atoms with van der Waals surface area (Å²) in [6.07, 6.45) is 3.68. The standard InChI is InChI=1S/C19H22N2O7/c1-19(2,3)28-18(27)20-11-15(22)21-14-9-12(4-6-16(23)24)8-13(10-14)5-7-17(25)26/h4-10H,11H2,1-3H3,(H,20,27)(H,21,22)(H,23,24)(H,25,26)/b6-4+,7-5+. The zero-order chi connectivity index (χ0) is 21.3. The van der Waals surface area contributed by atoms with Crippen molar-refractivity contribution in [2.24, 2.45) is 0 Å². The molecule has 1 aromatic rings. The molecule has 0 aliphatic rings. The van der Waals surface area contributed by atoms with E-state index in [2.05, 4.69) is 10.6 Å². The van der Waals surface area contributed by atoms with Gasteiger partial charge in [0, 0.05) is 17.8 Å². The molecule has 0 heterocycles. The second-order valence-electron chi connectivity index (χ2n) is 6.64. The van der Waals surface area contributed by atoms with Crippen LogP contribution in [0.4, 0.5) is 10.5 Å². The number of carboxylic acids is 2. The van der Waals surface area contributed by atoms with Crippen molar-refractivity contribution in [2.45, 2.75) is 26.4 Å². The number of nitrogens with one attached hydrogen (secondary N) is 2. The van der Waals surface area contributed by atoms with Gasteiger partial charge < -0.3 is 25.6 Å². The average molecular weight is 390 g/mol. The van der Waals surface area contributed by atoms with Crippen LogP contribution in [0.15, 0.2) is 30.4 Å². The maximum atomic E-state index is 12.0. The number of hydrogen-bond donors (Lipinski definition) is 4. The van der Waals surface area contributed by atoms with E-state index in [1.165, 1.54) is 24.3 Å². The Labute approximate surface area is 161 Å². The van der Waals surface area contributed by atoms with E-state index in [-0.39, 0.29) is 6.54 Å². The third-order valence-electron chi connectivity index (χ3n) is 2.89. The molecule has 0 spiro atoms. The minimum Gasteiger partial charge on any atom is -0.478 e. The first-order valence-electron chi connectivity index (χ1n) is 8.18. The number of aliphatic carboxylic acids is 2. The summed E-state index contributed by atoms with van der Waals surface area (Å²) in [4.78, 5) is 45.0. The van der Waals surface area contributed by atoms with E-state index in [9.17, 15) is 19.2 Å². The Hall–Kier alpha value is -3.62. The fraction of sp³-hybridized carbons (Fsp3) is 0.263. The molecule has 0 saturated carbocycles. The summed E-state index contributed by atoms with van der Waals surface area (Å²) in [5.74, 6) is -2.85. The van der Waals surface area contributed by atoms with E-state index in [4.69, 9.17) is 14.9 Å². The van der Waals surface area contributed by atoms with Gasteiger partial charge in [-0.1, -0.05) is 0 Å². The molecule has 28 heavy (non-hydrogen) atoms. The number of alkyl carbamates (subject to hydrolysis) is 1. The Balaban J connectivity index is 2.89. The monoisotopic (exact) mass is 390 g/mol. The zero-order valence-corrected chi connectivity index (χ0v) is 15.7. The minimum atomic E-state index is -1.15. The molecule has 150 valence electrons. The van der Waals surface area contributed by atoms with Gasteiger partial charge in [0.25, 0.3) is 0 Å². The molecule has 0 aromatic heterocycles. The number of carboxylic acid groups (broad SMARTS) is 2. The van der Waals surface area contributed by atoms with Crippen LogP contribution in [-0.2, 0) is 19.1 Å². The van der Waals surface area contributed by atoms with E-state index in [1.54, 1.807) is 26.8 Å². The van der Waals surface area contributed by atoms with Gasteiger partial charge in [-0.2, -0.15) is 0 Å².